The van der Waals surface area contributed by atoms with Gasteiger partial charge in [0, 0.05) is 6.92 Å². The smallest absolute Gasteiger partial charge is 0.360 e. The molecule has 1 aromatic rings. The van der Waals surface area contributed by atoms with Crippen LogP contribution in [0.25, 0.3) is 0 Å². The highest BCUT2D eigenvalue weighted by atomic mass is 16.5. The average molecular weight is 170 g/mol. The molecule has 1 heterocycles. The Morgan fingerprint density at radius 3 is 2.83 bits per heavy atom. The van der Waals surface area contributed by atoms with Crippen molar-refractivity contribution in [2.24, 2.45) is 0 Å². The fraction of sp³-hybridized carbons (Fsp3) is 0.167. The number of rotatable bonds is 2. The van der Waals surface area contributed by atoms with Gasteiger partial charge in [0.05, 0.1) is 0 Å². The van der Waals surface area contributed by atoms with E-state index in [1.807, 2.05) is 0 Å². The van der Waals surface area contributed by atoms with E-state index in [4.69, 9.17) is 5.11 Å². The summed E-state index contributed by atoms with van der Waals surface area (Å²) in [6.07, 6.45) is 1.06. The monoisotopic (exact) mass is 170 g/mol. The Hall–Kier alpha value is -1.85. The third-order valence-electron chi connectivity index (χ3n) is 1.08. The molecule has 1 amide bonds. The Kier molecular flexibility index (Phi) is 2.09. The van der Waals surface area contributed by atoms with Gasteiger partial charge in [0.1, 0.15) is 12.0 Å². The molecular weight excluding hydrogens is 164 g/mol. The maximum Gasteiger partial charge on any atom is 0.360 e. The highest BCUT2D eigenvalue weighted by Crippen LogP contribution is 2.12. The van der Waals surface area contributed by atoms with Gasteiger partial charge in [-0.05, 0) is 0 Å². The lowest BCUT2D eigenvalue weighted by molar-refractivity contribution is -0.114. The van der Waals surface area contributed by atoms with Gasteiger partial charge in [-0.1, -0.05) is 5.16 Å². The van der Waals surface area contributed by atoms with Gasteiger partial charge in [0.15, 0.2) is 0 Å². The zero-order valence-corrected chi connectivity index (χ0v) is 6.20. The third kappa shape index (κ3) is 1.60. The van der Waals surface area contributed by atoms with Gasteiger partial charge < -0.3 is 14.9 Å². The molecule has 0 aromatic carbocycles. The quantitative estimate of drug-likeness (QED) is 0.667. The van der Waals surface area contributed by atoms with Crippen LogP contribution >= 0.6 is 0 Å². The summed E-state index contributed by atoms with van der Waals surface area (Å²) >= 11 is 0. The second kappa shape index (κ2) is 3.04. The highest BCUT2D eigenvalue weighted by Gasteiger charge is 2.15. The molecule has 64 valence electrons. The lowest BCUT2D eigenvalue weighted by Crippen LogP contribution is -2.09. The largest absolute Gasteiger partial charge is 0.476 e. The van der Waals surface area contributed by atoms with Crippen LogP contribution in [0.5, 0.6) is 0 Å². The van der Waals surface area contributed by atoms with Crippen molar-refractivity contribution in [2.75, 3.05) is 5.32 Å². The van der Waals surface area contributed by atoms with Gasteiger partial charge >= 0.3 is 5.97 Å². The normalized spacial score (nSPS) is 9.42. The Morgan fingerprint density at radius 1 is 1.67 bits per heavy atom. The number of nitrogens with one attached hydrogen (secondary N) is 1. The van der Waals surface area contributed by atoms with Crippen molar-refractivity contribution in [2.45, 2.75) is 6.92 Å². The molecule has 1 aromatic heterocycles. The van der Waals surface area contributed by atoms with Crippen LogP contribution in [0.1, 0.15) is 17.4 Å². The summed E-state index contributed by atoms with van der Waals surface area (Å²) in [5.74, 6) is -1.62. The summed E-state index contributed by atoms with van der Waals surface area (Å²) in [5, 5.41) is 13.9. The number of anilines is 1. The van der Waals surface area contributed by atoms with Crippen LogP contribution < -0.4 is 5.32 Å². The van der Waals surface area contributed by atoms with Crippen molar-refractivity contribution in [3.63, 3.8) is 0 Å². The summed E-state index contributed by atoms with van der Waals surface area (Å²) in [6, 6.07) is 0. The Bertz CT molecular complexity index is 317. The molecule has 0 bridgehead atoms. The zero-order chi connectivity index (χ0) is 9.14. The SMILES string of the molecule is CC(=O)Nc1conc1C(=O)O. The van der Waals surface area contributed by atoms with E-state index in [0.29, 0.717) is 0 Å². The van der Waals surface area contributed by atoms with Gasteiger partial charge in [-0.25, -0.2) is 4.79 Å². The first-order chi connectivity index (χ1) is 5.61. The summed E-state index contributed by atoms with van der Waals surface area (Å²) < 4.78 is 4.36. The number of carboxylic acids is 1. The average Bonchev–Trinajstić information content (AvgIpc) is 2.33. The minimum atomic E-state index is -1.24. The number of carbonyl (C=O) groups excluding carboxylic acids is 1. The molecule has 2 N–H and O–H groups in total. The van der Waals surface area contributed by atoms with E-state index < -0.39 is 5.97 Å². The number of hydrogen-bond donors (Lipinski definition) is 2. The first-order valence-electron chi connectivity index (χ1n) is 3.06. The number of amides is 1. The van der Waals surface area contributed by atoms with E-state index in [0.717, 1.165) is 6.26 Å². The predicted molar refractivity (Wildman–Crippen MR) is 37.8 cm³/mol. The molecular formula is C6H6N2O4. The molecule has 1 rings (SSSR count). The molecule has 12 heavy (non-hydrogen) atoms. The fourth-order valence-corrected chi connectivity index (χ4v) is 0.669. The number of aromatic nitrogens is 1. The lowest BCUT2D eigenvalue weighted by Gasteiger charge is -1.95. The van der Waals surface area contributed by atoms with Gasteiger partial charge in [-0.3, -0.25) is 4.79 Å². The standard InChI is InChI=1S/C6H6N2O4/c1-3(9)7-4-2-12-8-5(4)6(10)11/h2H,1H3,(H,7,9)(H,10,11). The molecule has 0 atom stereocenters. The predicted octanol–water partition coefficient (Wildman–Crippen LogP) is 0.331. The van der Waals surface area contributed by atoms with E-state index in [2.05, 4.69) is 15.0 Å². The molecule has 0 aliphatic rings. The molecule has 0 radical (unpaired) electrons. The summed E-state index contributed by atoms with van der Waals surface area (Å²) in [5.41, 5.74) is -0.236. The fourth-order valence-electron chi connectivity index (χ4n) is 0.669. The molecule has 6 nitrogen and oxygen atoms in total. The van der Waals surface area contributed by atoms with Crippen LogP contribution in [0, 0.1) is 0 Å². The summed E-state index contributed by atoms with van der Waals surface area (Å²) in [4.78, 5) is 20.9. The molecule has 0 saturated carbocycles. The van der Waals surface area contributed by atoms with Gasteiger partial charge in [0.2, 0.25) is 11.6 Å². The lowest BCUT2D eigenvalue weighted by atomic mass is 10.3. The summed E-state index contributed by atoms with van der Waals surface area (Å²) in [6.45, 7) is 1.26. The Morgan fingerprint density at radius 2 is 2.33 bits per heavy atom. The van der Waals surface area contributed by atoms with E-state index >= 15 is 0 Å². The van der Waals surface area contributed by atoms with Gasteiger partial charge in [-0.2, -0.15) is 0 Å². The van der Waals surface area contributed by atoms with E-state index in [-0.39, 0.29) is 17.3 Å². The van der Waals surface area contributed by atoms with Crippen LogP contribution in [-0.4, -0.2) is 22.1 Å². The number of carbonyl (C=O) groups is 2. The van der Waals surface area contributed by atoms with Crippen LogP contribution in [0.2, 0.25) is 0 Å². The van der Waals surface area contributed by atoms with Crippen molar-refractivity contribution >= 4 is 17.6 Å². The molecule has 6 heteroatoms. The number of nitrogens with zero attached hydrogens (tertiary/aromatic N) is 1. The van der Waals surface area contributed by atoms with Crippen molar-refractivity contribution in [3.8, 4) is 0 Å². The summed E-state index contributed by atoms with van der Waals surface area (Å²) in [7, 11) is 0. The first kappa shape index (κ1) is 8.25. The second-order valence-corrected chi connectivity index (χ2v) is 2.06. The van der Waals surface area contributed by atoms with E-state index in [9.17, 15) is 9.59 Å². The molecule has 0 saturated heterocycles. The number of carboxylic acid groups (broad SMARTS) is 1. The number of hydrogen-bond acceptors (Lipinski definition) is 4. The van der Waals surface area contributed by atoms with E-state index in [1.165, 1.54) is 6.92 Å². The van der Waals surface area contributed by atoms with E-state index in [1.54, 1.807) is 0 Å². The third-order valence-corrected chi connectivity index (χ3v) is 1.08. The van der Waals surface area contributed by atoms with Crippen molar-refractivity contribution < 1.29 is 19.2 Å². The van der Waals surface area contributed by atoms with Crippen LogP contribution in [0.15, 0.2) is 10.8 Å². The maximum absolute atomic E-state index is 10.5. The van der Waals surface area contributed by atoms with Crippen LogP contribution in [-0.2, 0) is 4.79 Å². The molecule has 0 aliphatic carbocycles. The van der Waals surface area contributed by atoms with Gasteiger partial charge in [-0.15, -0.1) is 0 Å². The number of aromatic carboxylic acids is 1. The van der Waals surface area contributed by atoms with Crippen molar-refractivity contribution in [1.82, 2.24) is 5.16 Å². The Balaban J connectivity index is 2.91. The van der Waals surface area contributed by atoms with Crippen LogP contribution in [0.4, 0.5) is 5.69 Å². The molecule has 0 fully saturated rings. The topological polar surface area (TPSA) is 92.4 Å². The van der Waals surface area contributed by atoms with Crippen molar-refractivity contribution in [3.05, 3.63) is 12.0 Å². The molecule has 0 aliphatic heterocycles. The molecule has 0 spiro atoms. The highest BCUT2D eigenvalue weighted by molar-refractivity contribution is 5.97. The first-order valence-corrected chi connectivity index (χ1v) is 3.06. The van der Waals surface area contributed by atoms with Gasteiger partial charge in [0.25, 0.3) is 0 Å². The minimum Gasteiger partial charge on any atom is -0.476 e. The maximum atomic E-state index is 10.5. The zero-order valence-electron chi connectivity index (χ0n) is 6.20. The Labute approximate surface area is 67.2 Å². The molecule has 0 unspecified atom stereocenters. The second-order valence-electron chi connectivity index (χ2n) is 2.06. The van der Waals surface area contributed by atoms with Crippen molar-refractivity contribution in [1.29, 1.82) is 0 Å². The minimum absolute atomic E-state index is 0.0648. The van der Waals surface area contributed by atoms with Crippen LogP contribution in [0.3, 0.4) is 0 Å².